The number of hydrogen-bond acceptors (Lipinski definition) is 4. The van der Waals surface area contributed by atoms with Gasteiger partial charge in [-0.15, -0.1) is 11.3 Å². The van der Waals surface area contributed by atoms with Crippen molar-refractivity contribution >= 4 is 43.0 Å². The molecule has 114 valence electrons. The molecular formula is C13H14BrFN2O2S2. The number of halogens is 2. The molecule has 0 unspecified atom stereocenters. The van der Waals surface area contributed by atoms with Crippen LogP contribution in [0.4, 0.5) is 10.1 Å². The molecule has 21 heavy (non-hydrogen) atoms. The van der Waals surface area contributed by atoms with Gasteiger partial charge in [-0.1, -0.05) is 22.9 Å². The first-order chi connectivity index (χ1) is 9.92. The van der Waals surface area contributed by atoms with Crippen LogP contribution in [0, 0.1) is 5.82 Å². The van der Waals surface area contributed by atoms with Crippen LogP contribution in [0.2, 0.25) is 0 Å². The number of nitrogens with one attached hydrogen (secondary N) is 2. The monoisotopic (exact) mass is 392 g/mol. The zero-order valence-corrected chi connectivity index (χ0v) is 14.4. The molecule has 0 saturated heterocycles. The molecule has 1 aromatic carbocycles. The Morgan fingerprint density at radius 3 is 2.76 bits per heavy atom. The van der Waals surface area contributed by atoms with E-state index in [1.807, 2.05) is 6.92 Å². The summed E-state index contributed by atoms with van der Waals surface area (Å²) in [6.07, 6.45) is 0. The van der Waals surface area contributed by atoms with Gasteiger partial charge in [0.1, 0.15) is 10.0 Å². The maximum absolute atomic E-state index is 13.6. The molecule has 2 rings (SSSR count). The lowest BCUT2D eigenvalue weighted by Crippen LogP contribution is -2.12. The second kappa shape index (κ2) is 6.87. The third-order valence-electron chi connectivity index (χ3n) is 2.62. The van der Waals surface area contributed by atoms with Gasteiger partial charge in [0, 0.05) is 15.9 Å². The van der Waals surface area contributed by atoms with Crippen LogP contribution >= 0.6 is 27.3 Å². The predicted molar refractivity (Wildman–Crippen MR) is 86.6 cm³/mol. The molecule has 0 radical (unpaired) electrons. The topological polar surface area (TPSA) is 58.2 Å². The summed E-state index contributed by atoms with van der Waals surface area (Å²) < 4.78 is 41.2. The molecule has 0 aliphatic heterocycles. The fourth-order valence-corrected chi connectivity index (χ4v) is 4.36. The smallest absolute Gasteiger partial charge is 0.271 e. The summed E-state index contributed by atoms with van der Waals surface area (Å²) in [7, 11) is -3.78. The van der Waals surface area contributed by atoms with Gasteiger partial charge in [-0.3, -0.25) is 4.72 Å². The molecule has 0 saturated carbocycles. The van der Waals surface area contributed by atoms with Gasteiger partial charge < -0.3 is 5.32 Å². The second-order valence-corrected chi connectivity index (χ2v) is 8.22. The quantitative estimate of drug-likeness (QED) is 0.789. The van der Waals surface area contributed by atoms with Gasteiger partial charge >= 0.3 is 0 Å². The zero-order valence-electron chi connectivity index (χ0n) is 11.2. The van der Waals surface area contributed by atoms with Gasteiger partial charge in [0.05, 0.1) is 5.69 Å². The van der Waals surface area contributed by atoms with Gasteiger partial charge in [0.25, 0.3) is 10.0 Å². The summed E-state index contributed by atoms with van der Waals surface area (Å²) in [6, 6.07) is 7.37. The van der Waals surface area contributed by atoms with Gasteiger partial charge in [-0.05, 0) is 36.9 Å². The molecule has 0 aliphatic carbocycles. The number of sulfonamides is 1. The normalized spacial score (nSPS) is 11.6. The fraction of sp³-hybridized carbons (Fsp3) is 0.231. The minimum absolute atomic E-state index is 0.0778. The van der Waals surface area contributed by atoms with Crippen LogP contribution < -0.4 is 10.0 Å². The Balaban J connectivity index is 2.22. The maximum atomic E-state index is 13.6. The van der Waals surface area contributed by atoms with E-state index >= 15 is 0 Å². The molecule has 8 heteroatoms. The van der Waals surface area contributed by atoms with Crippen LogP contribution in [-0.2, 0) is 16.6 Å². The third kappa shape index (κ3) is 4.26. The van der Waals surface area contributed by atoms with Crippen molar-refractivity contribution in [1.82, 2.24) is 5.32 Å². The minimum atomic E-state index is -3.78. The highest BCUT2D eigenvalue weighted by atomic mass is 79.9. The Labute approximate surface area is 135 Å². The first-order valence-electron chi connectivity index (χ1n) is 6.19. The van der Waals surface area contributed by atoms with E-state index in [-0.39, 0.29) is 9.90 Å². The Bertz CT molecular complexity index is 732. The van der Waals surface area contributed by atoms with Crippen molar-refractivity contribution in [2.24, 2.45) is 0 Å². The first kappa shape index (κ1) is 16.4. The Kier molecular flexibility index (Phi) is 5.37. The van der Waals surface area contributed by atoms with E-state index < -0.39 is 15.8 Å². The van der Waals surface area contributed by atoms with E-state index in [2.05, 4.69) is 26.0 Å². The lowest BCUT2D eigenvalue weighted by atomic mass is 10.3. The molecule has 2 aromatic rings. The Morgan fingerprint density at radius 1 is 1.29 bits per heavy atom. The highest BCUT2D eigenvalue weighted by molar-refractivity contribution is 9.10. The lowest BCUT2D eigenvalue weighted by Gasteiger charge is -2.07. The van der Waals surface area contributed by atoms with Crippen LogP contribution in [0.1, 0.15) is 11.8 Å². The SMILES string of the molecule is CCNCc1ccc(S(=O)(=O)Nc2cc(Br)ccc2F)s1. The molecule has 0 fully saturated rings. The van der Waals surface area contributed by atoms with Crippen molar-refractivity contribution in [1.29, 1.82) is 0 Å². The maximum Gasteiger partial charge on any atom is 0.271 e. The number of anilines is 1. The van der Waals surface area contributed by atoms with Gasteiger partial charge in [-0.2, -0.15) is 0 Å². The molecule has 4 nitrogen and oxygen atoms in total. The van der Waals surface area contributed by atoms with Crippen LogP contribution in [-0.4, -0.2) is 15.0 Å². The van der Waals surface area contributed by atoms with Crippen LogP contribution in [0.25, 0.3) is 0 Å². The third-order valence-corrected chi connectivity index (χ3v) is 6.06. The van der Waals surface area contributed by atoms with Crippen molar-refractivity contribution in [3.63, 3.8) is 0 Å². The fourth-order valence-electron chi connectivity index (χ4n) is 1.62. The van der Waals surface area contributed by atoms with Gasteiger partial charge in [0.15, 0.2) is 0 Å². The van der Waals surface area contributed by atoms with Crippen molar-refractivity contribution in [2.75, 3.05) is 11.3 Å². The summed E-state index contributed by atoms with van der Waals surface area (Å²) in [5, 5.41) is 3.12. The molecule has 0 atom stereocenters. The van der Waals surface area contributed by atoms with Crippen LogP contribution in [0.3, 0.4) is 0 Å². The average molecular weight is 393 g/mol. The number of hydrogen-bond donors (Lipinski definition) is 2. The highest BCUT2D eigenvalue weighted by Crippen LogP contribution is 2.26. The molecule has 0 spiro atoms. The number of rotatable bonds is 6. The molecule has 1 aromatic heterocycles. The van der Waals surface area contributed by atoms with Crippen LogP contribution in [0.15, 0.2) is 39.0 Å². The largest absolute Gasteiger partial charge is 0.312 e. The molecule has 0 amide bonds. The van der Waals surface area contributed by atoms with E-state index in [9.17, 15) is 12.8 Å². The number of thiophene rings is 1. The Morgan fingerprint density at radius 2 is 2.05 bits per heavy atom. The van der Waals surface area contributed by atoms with Crippen molar-refractivity contribution < 1.29 is 12.8 Å². The van der Waals surface area contributed by atoms with E-state index in [1.165, 1.54) is 24.3 Å². The standard InChI is InChI=1S/C13H14BrFN2O2S2/c1-2-16-8-10-4-6-13(20-10)21(18,19)17-12-7-9(14)3-5-11(12)15/h3-7,16-17H,2,8H2,1H3. The van der Waals surface area contributed by atoms with E-state index in [0.717, 1.165) is 22.8 Å². The zero-order chi connectivity index (χ0) is 15.5. The molecule has 2 N–H and O–H groups in total. The molecule has 0 bridgehead atoms. The summed E-state index contributed by atoms with van der Waals surface area (Å²) in [6.45, 7) is 3.40. The van der Waals surface area contributed by atoms with Crippen molar-refractivity contribution in [2.45, 2.75) is 17.7 Å². The molecule has 1 heterocycles. The van der Waals surface area contributed by atoms with E-state index in [1.54, 1.807) is 6.07 Å². The first-order valence-corrected chi connectivity index (χ1v) is 9.29. The van der Waals surface area contributed by atoms with Crippen LogP contribution in [0.5, 0.6) is 0 Å². The van der Waals surface area contributed by atoms with Gasteiger partial charge in [-0.25, -0.2) is 12.8 Å². The summed E-state index contributed by atoms with van der Waals surface area (Å²) >= 11 is 4.35. The minimum Gasteiger partial charge on any atom is -0.312 e. The van der Waals surface area contributed by atoms with Crippen molar-refractivity contribution in [3.8, 4) is 0 Å². The summed E-state index contributed by atoms with van der Waals surface area (Å²) in [4.78, 5) is 0.909. The summed E-state index contributed by atoms with van der Waals surface area (Å²) in [5.74, 6) is -0.619. The van der Waals surface area contributed by atoms with Gasteiger partial charge in [0.2, 0.25) is 0 Å². The second-order valence-electron chi connectivity index (χ2n) is 4.23. The molecular weight excluding hydrogens is 379 g/mol. The highest BCUT2D eigenvalue weighted by Gasteiger charge is 2.18. The average Bonchev–Trinajstić information content (AvgIpc) is 2.90. The summed E-state index contributed by atoms with van der Waals surface area (Å²) in [5.41, 5.74) is -0.0778. The predicted octanol–water partition coefficient (Wildman–Crippen LogP) is 3.56. The number of benzene rings is 1. The molecule has 0 aliphatic rings. The lowest BCUT2D eigenvalue weighted by molar-refractivity contribution is 0.600. The van der Waals surface area contributed by atoms with E-state index in [0.29, 0.717) is 11.0 Å². The Hall–Kier alpha value is -0.960. The van der Waals surface area contributed by atoms with E-state index in [4.69, 9.17) is 0 Å². The van der Waals surface area contributed by atoms with Crippen molar-refractivity contribution in [3.05, 3.63) is 45.5 Å².